The number of aromatic nitrogens is 2. The van der Waals surface area contributed by atoms with E-state index in [1.807, 2.05) is 56.3 Å². The van der Waals surface area contributed by atoms with Crippen LogP contribution >= 0.6 is 0 Å². The van der Waals surface area contributed by atoms with Crippen LogP contribution in [0.4, 0.5) is 5.69 Å². The number of fused-ring (bicyclic) bond motifs is 1. The zero-order valence-corrected chi connectivity index (χ0v) is 16.9. The minimum Gasteiger partial charge on any atom is -0.381 e. The van der Waals surface area contributed by atoms with Gasteiger partial charge in [0.15, 0.2) is 11.1 Å². The summed E-state index contributed by atoms with van der Waals surface area (Å²) in [6, 6.07) is 13.7. The molecular weight excluding hydrogens is 374 g/mol. The Morgan fingerprint density at radius 3 is 2.39 bits per heavy atom. The molecule has 6 nitrogen and oxygen atoms in total. The number of benzene rings is 2. The fraction of sp³-hybridized carbons (Fsp3) is 0.286. The van der Waals surface area contributed by atoms with Gasteiger partial charge in [-0.25, -0.2) is 4.21 Å². The molecule has 0 saturated heterocycles. The molecule has 0 radical (unpaired) electrons. The maximum atomic E-state index is 11.6. The molecule has 0 bridgehead atoms. The number of anilines is 1. The van der Waals surface area contributed by atoms with Gasteiger partial charge in [0.2, 0.25) is 0 Å². The second-order valence-corrected chi connectivity index (χ2v) is 8.03. The maximum Gasteiger partial charge on any atom is 0.157 e. The van der Waals surface area contributed by atoms with Gasteiger partial charge in [0.1, 0.15) is 5.78 Å². The SMILES string of the molecule is CC(=O)Cc1nnc2cc(-c3ccc(CS(=O)O)cc3)ccc2c1NC(C)C. The van der Waals surface area contributed by atoms with Gasteiger partial charge in [-0.15, -0.1) is 0 Å². The summed E-state index contributed by atoms with van der Waals surface area (Å²) in [6.45, 7) is 5.63. The summed E-state index contributed by atoms with van der Waals surface area (Å²) in [4.78, 5) is 11.6. The van der Waals surface area contributed by atoms with Gasteiger partial charge in [0.05, 0.1) is 29.1 Å². The van der Waals surface area contributed by atoms with E-state index in [1.165, 1.54) is 0 Å². The first-order valence-corrected chi connectivity index (χ1v) is 10.3. The molecule has 0 aliphatic rings. The summed E-state index contributed by atoms with van der Waals surface area (Å²) in [5.74, 6) is 0.160. The monoisotopic (exact) mass is 397 g/mol. The first kappa shape index (κ1) is 20.1. The largest absolute Gasteiger partial charge is 0.381 e. The van der Waals surface area contributed by atoms with E-state index in [0.717, 1.165) is 33.3 Å². The summed E-state index contributed by atoms with van der Waals surface area (Å²) >= 11 is -1.85. The van der Waals surface area contributed by atoms with Gasteiger partial charge in [0, 0.05) is 11.4 Å². The number of carbonyl (C=O) groups is 1. The molecule has 0 amide bonds. The highest BCUT2D eigenvalue weighted by Gasteiger charge is 2.14. The van der Waals surface area contributed by atoms with Gasteiger partial charge >= 0.3 is 0 Å². The lowest BCUT2D eigenvalue weighted by molar-refractivity contribution is -0.116. The Balaban J connectivity index is 2.01. The fourth-order valence-corrected chi connectivity index (χ4v) is 3.55. The number of rotatable bonds is 7. The normalized spacial score (nSPS) is 12.3. The third-order valence-electron chi connectivity index (χ3n) is 4.26. The average Bonchev–Trinajstić information content (AvgIpc) is 2.62. The molecule has 2 N–H and O–H groups in total. The highest BCUT2D eigenvalue weighted by Crippen LogP contribution is 2.30. The van der Waals surface area contributed by atoms with Crippen LogP contribution in [0.5, 0.6) is 0 Å². The van der Waals surface area contributed by atoms with E-state index in [-0.39, 0.29) is 24.0 Å². The van der Waals surface area contributed by atoms with E-state index < -0.39 is 11.1 Å². The molecule has 0 saturated carbocycles. The number of hydrogen-bond donors (Lipinski definition) is 2. The van der Waals surface area contributed by atoms with Crippen LogP contribution in [-0.2, 0) is 28.0 Å². The van der Waals surface area contributed by atoms with Gasteiger partial charge in [-0.05, 0) is 49.6 Å². The molecule has 1 atom stereocenters. The minimum atomic E-state index is -1.85. The molecule has 1 heterocycles. The lowest BCUT2D eigenvalue weighted by atomic mass is 10.0. The Morgan fingerprint density at radius 2 is 1.79 bits per heavy atom. The van der Waals surface area contributed by atoms with Crippen LogP contribution in [-0.4, -0.2) is 30.8 Å². The summed E-state index contributed by atoms with van der Waals surface area (Å²) < 4.78 is 19.9. The van der Waals surface area contributed by atoms with Crippen LogP contribution in [0, 0.1) is 0 Å². The molecule has 146 valence electrons. The third-order valence-corrected chi connectivity index (χ3v) is 4.84. The van der Waals surface area contributed by atoms with E-state index in [4.69, 9.17) is 4.55 Å². The maximum absolute atomic E-state index is 11.6. The first-order valence-electron chi connectivity index (χ1n) is 9.05. The Morgan fingerprint density at radius 1 is 1.11 bits per heavy atom. The first-order chi connectivity index (χ1) is 13.3. The third kappa shape index (κ3) is 4.79. The zero-order chi connectivity index (χ0) is 20.3. The molecule has 0 aliphatic carbocycles. The highest BCUT2D eigenvalue weighted by atomic mass is 32.2. The number of nitrogens with zero attached hydrogens (tertiary/aromatic N) is 2. The average molecular weight is 398 g/mol. The van der Waals surface area contributed by atoms with E-state index in [1.54, 1.807) is 6.92 Å². The fourth-order valence-electron chi connectivity index (χ4n) is 3.07. The van der Waals surface area contributed by atoms with Crippen LogP contribution in [0.15, 0.2) is 42.5 Å². The molecule has 7 heteroatoms. The van der Waals surface area contributed by atoms with Gasteiger partial charge in [-0.3, -0.25) is 4.79 Å². The molecule has 1 aromatic heterocycles. The molecule has 1 unspecified atom stereocenters. The van der Waals surface area contributed by atoms with Crippen LogP contribution in [0.2, 0.25) is 0 Å². The Hall–Kier alpha value is -2.64. The predicted octanol–water partition coefficient (Wildman–Crippen LogP) is 3.97. The lowest BCUT2D eigenvalue weighted by Crippen LogP contribution is -2.15. The van der Waals surface area contributed by atoms with Crippen molar-refractivity contribution in [2.45, 2.75) is 39.0 Å². The van der Waals surface area contributed by atoms with E-state index in [9.17, 15) is 9.00 Å². The smallest absolute Gasteiger partial charge is 0.157 e. The van der Waals surface area contributed by atoms with Crippen molar-refractivity contribution in [1.82, 2.24) is 10.2 Å². The number of hydrogen-bond acceptors (Lipinski definition) is 5. The molecule has 0 aliphatic heterocycles. The predicted molar refractivity (Wildman–Crippen MR) is 113 cm³/mol. The molecule has 2 aromatic carbocycles. The van der Waals surface area contributed by atoms with Crippen molar-refractivity contribution < 1.29 is 13.6 Å². The summed E-state index contributed by atoms with van der Waals surface area (Å²) in [5.41, 5.74) is 5.02. The molecule has 0 spiro atoms. The molecule has 28 heavy (non-hydrogen) atoms. The molecular formula is C21H23N3O3S. The lowest BCUT2D eigenvalue weighted by Gasteiger charge is -2.16. The van der Waals surface area contributed by atoms with E-state index >= 15 is 0 Å². The minimum absolute atomic E-state index is 0.0426. The van der Waals surface area contributed by atoms with Crippen molar-refractivity contribution in [2.75, 3.05) is 5.32 Å². The quantitative estimate of drug-likeness (QED) is 0.586. The molecule has 3 rings (SSSR count). The number of Topliss-reactive ketones (excluding diaryl/α,β-unsaturated/α-hetero) is 1. The summed E-state index contributed by atoms with van der Waals surface area (Å²) in [7, 11) is 0. The van der Waals surface area contributed by atoms with Crippen LogP contribution < -0.4 is 5.32 Å². The van der Waals surface area contributed by atoms with Gasteiger partial charge in [-0.2, -0.15) is 10.2 Å². The Bertz CT molecular complexity index is 1030. The number of ketones is 1. The standard InChI is InChI=1S/C21H23N3O3S/c1-13(2)22-21-18-9-8-17(11-19(18)23-24-20(21)10-14(3)25)16-6-4-15(5-7-16)12-28(26)27/h4-9,11,13H,10,12H2,1-3H3,(H,22,23)(H,26,27). The van der Waals surface area contributed by atoms with Crippen molar-refractivity contribution in [3.63, 3.8) is 0 Å². The van der Waals surface area contributed by atoms with Gasteiger partial charge in [-0.1, -0.05) is 30.3 Å². The number of carbonyl (C=O) groups excluding carboxylic acids is 1. The topological polar surface area (TPSA) is 92.2 Å². The van der Waals surface area contributed by atoms with Crippen LogP contribution in [0.1, 0.15) is 32.0 Å². The van der Waals surface area contributed by atoms with Crippen LogP contribution in [0.25, 0.3) is 22.0 Å². The van der Waals surface area contributed by atoms with Crippen molar-refractivity contribution in [3.8, 4) is 11.1 Å². The molecule has 0 fully saturated rings. The second kappa shape index (κ2) is 8.58. The van der Waals surface area contributed by atoms with Crippen molar-refractivity contribution in [1.29, 1.82) is 0 Å². The summed E-state index contributed by atoms with van der Waals surface area (Å²) in [5, 5.41) is 12.9. The highest BCUT2D eigenvalue weighted by molar-refractivity contribution is 7.78. The van der Waals surface area contributed by atoms with Gasteiger partial charge < -0.3 is 9.87 Å². The van der Waals surface area contributed by atoms with Crippen molar-refractivity contribution in [2.24, 2.45) is 0 Å². The van der Waals surface area contributed by atoms with Crippen molar-refractivity contribution in [3.05, 3.63) is 53.7 Å². The van der Waals surface area contributed by atoms with Crippen LogP contribution in [0.3, 0.4) is 0 Å². The number of nitrogens with one attached hydrogen (secondary N) is 1. The summed E-state index contributed by atoms with van der Waals surface area (Å²) in [6.07, 6.45) is 0.243. The van der Waals surface area contributed by atoms with E-state index in [2.05, 4.69) is 15.5 Å². The second-order valence-electron chi connectivity index (χ2n) is 7.09. The zero-order valence-electron chi connectivity index (χ0n) is 16.1. The van der Waals surface area contributed by atoms with Gasteiger partial charge in [0.25, 0.3) is 0 Å². The molecule has 3 aromatic rings. The Kier molecular flexibility index (Phi) is 6.16. The van der Waals surface area contributed by atoms with Crippen molar-refractivity contribution >= 4 is 33.5 Å². The van der Waals surface area contributed by atoms with E-state index in [0.29, 0.717) is 5.69 Å². The Labute approximate surface area is 166 Å².